The largest absolute Gasteiger partial charge is 0.481 e. The second-order valence-corrected chi connectivity index (χ2v) is 3.79. The number of aliphatic carboxylic acids is 1. The summed E-state index contributed by atoms with van der Waals surface area (Å²) in [5, 5.41) is 17.9. The third kappa shape index (κ3) is 9.52. The zero-order chi connectivity index (χ0) is 10.8. The van der Waals surface area contributed by atoms with Crippen molar-refractivity contribution in [1.29, 1.82) is 0 Å². The Labute approximate surface area is 86.1 Å². The molecule has 0 saturated heterocycles. The lowest BCUT2D eigenvalue weighted by atomic mass is 10.0. The summed E-state index contributed by atoms with van der Waals surface area (Å²) < 4.78 is 0. The highest BCUT2D eigenvalue weighted by molar-refractivity contribution is 5.66. The van der Waals surface area contributed by atoms with Gasteiger partial charge in [-0.2, -0.15) is 0 Å². The smallest absolute Gasteiger partial charge is 0.303 e. The van der Waals surface area contributed by atoms with Crippen molar-refractivity contribution in [3.05, 3.63) is 0 Å². The maximum absolute atomic E-state index is 10.2. The molecule has 0 aromatic rings. The lowest BCUT2D eigenvalue weighted by Gasteiger charge is -2.08. The number of carboxylic acid groups (broad SMARTS) is 1. The minimum Gasteiger partial charge on any atom is -0.481 e. The summed E-state index contributed by atoms with van der Waals surface area (Å²) in [4.78, 5) is 10.2. The van der Waals surface area contributed by atoms with Gasteiger partial charge in [-0.25, -0.2) is 0 Å². The molecule has 0 spiro atoms. The van der Waals surface area contributed by atoms with E-state index in [9.17, 15) is 9.90 Å². The predicted molar refractivity (Wildman–Crippen MR) is 56.3 cm³/mol. The fourth-order valence-corrected chi connectivity index (χ4v) is 1.44. The maximum atomic E-state index is 10.2. The standard InChI is InChI=1S/C11H22O3/c1-2-3-4-5-7-10(12)8-6-9-11(13)14/h10,12H,2-9H2,1H3,(H,13,14). The molecule has 3 nitrogen and oxygen atoms in total. The first-order valence-corrected chi connectivity index (χ1v) is 5.56. The molecule has 0 fully saturated rings. The van der Waals surface area contributed by atoms with Gasteiger partial charge in [-0.15, -0.1) is 0 Å². The zero-order valence-corrected chi connectivity index (χ0v) is 9.04. The molecule has 0 aliphatic heterocycles. The number of hydrogen-bond donors (Lipinski definition) is 2. The van der Waals surface area contributed by atoms with E-state index in [1.54, 1.807) is 0 Å². The quantitative estimate of drug-likeness (QED) is 0.565. The van der Waals surface area contributed by atoms with E-state index in [1.165, 1.54) is 19.3 Å². The monoisotopic (exact) mass is 202 g/mol. The molecule has 0 bridgehead atoms. The van der Waals surface area contributed by atoms with Crippen LogP contribution in [-0.2, 0) is 4.79 Å². The first kappa shape index (κ1) is 13.4. The minimum atomic E-state index is -0.775. The van der Waals surface area contributed by atoms with Crippen molar-refractivity contribution in [3.8, 4) is 0 Å². The fraction of sp³-hybridized carbons (Fsp3) is 0.909. The number of aliphatic hydroxyl groups is 1. The SMILES string of the molecule is CCCCCCC(O)CCCC(=O)O. The Morgan fingerprint density at radius 3 is 2.36 bits per heavy atom. The van der Waals surface area contributed by atoms with Crippen molar-refractivity contribution in [2.45, 2.75) is 64.4 Å². The average molecular weight is 202 g/mol. The van der Waals surface area contributed by atoms with Crippen LogP contribution in [0.15, 0.2) is 0 Å². The first-order valence-electron chi connectivity index (χ1n) is 5.56. The summed E-state index contributed by atoms with van der Waals surface area (Å²) in [6.07, 6.45) is 6.56. The Kier molecular flexibility index (Phi) is 8.64. The van der Waals surface area contributed by atoms with Crippen molar-refractivity contribution < 1.29 is 15.0 Å². The Hall–Kier alpha value is -0.570. The van der Waals surface area contributed by atoms with Gasteiger partial charge in [-0.1, -0.05) is 32.6 Å². The molecule has 0 amide bonds. The summed E-state index contributed by atoms with van der Waals surface area (Å²) in [6.45, 7) is 2.16. The number of aliphatic hydroxyl groups excluding tert-OH is 1. The van der Waals surface area contributed by atoms with Gasteiger partial charge < -0.3 is 10.2 Å². The topological polar surface area (TPSA) is 57.5 Å². The highest BCUT2D eigenvalue weighted by Gasteiger charge is 2.05. The molecule has 0 aromatic heterocycles. The molecule has 1 atom stereocenters. The number of hydrogen-bond acceptors (Lipinski definition) is 2. The van der Waals surface area contributed by atoms with Crippen LogP contribution in [0.3, 0.4) is 0 Å². The molecule has 1 unspecified atom stereocenters. The minimum absolute atomic E-state index is 0.173. The van der Waals surface area contributed by atoms with E-state index in [0.29, 0.717) is 12.8 Å². The van der Waals surface area contributed by atoms with E-state index in [-0.39, 0.29) is 12.5 Å². The van der Waals surface area contributed by atoms with Crippen LogP contribution in [0.1, 0.15) is 58.3 Å². The van der Waals surface area contributed by atoms with Crippen molar-refractivity contribution in [2.24, 2.45) is 0 Å². The molecule has 84 valence electrons. The van der Waals surface area contributed by atoms with Crippen LogP contribution >= 0.6 is 0 Å². The predicted octanol–water partition coefficient (Wildman–Crippen LogP) is 2.57. The molecular formula is C11H22O3. The van der Waals surface area contributed by atoms with E-state index in [1.807, 2.05) is 0 Å². The van der Waals surface area contributed by atoms with Crippen LogP contribution < -0.4 is 0 Å². The number of rotatable bonds is 9. The van der Waals surface area contributed by atoms with E-state index in [0.717, 1.165) is 12.8 Å². The molecular weight excluding hydrogens is 180 g/mol. The normalized spacial score (nSPS) is 12.7. The molecule has 0 aliphatic carbocycles. The Balaban J connectivity index is 3.19. The van der Waals surface area contributed by atoms with E-state index < -0.39 is 5.97 Å². The molecule has 14 heavy (non-hydrogen) atoms. The Morgan fingerprint density at radius 2 is 1.79 bits per heavy atom. The highest BCUT2D eigenvalue weighted by Crippen LogP contribution is 2.10. The van der Waals surface area contributed by atoms with Gasteiger partial charge in [0.25, 0.3) is 0 Å². The third-order valence-electron chi connectivity index (χ3n) is 2.32. The van der Waals surface area contributed by atoms with Crippen LogP contribution in [0.2, 0.25) is 0 Å². The van der Waals surface area contributed by atoms with Crippen LogP contribution in [-0.4, -0.2) is 22.3 Å². The summed E-state index contributed by atoms with van der Waals surface area (Å²) in [5.41, 5.74) is 0. The van der Waals surface area contributed by atoms with Crippen molar-refractivity contribution in [3.63, 3.8) is 0 Å². The molecule has 2 N–H and O–H groups in total. The molecule has 0 radical (unpaired) electrons. The molecule has 0 saturated carbocycles. The van der Waals surface area contributed by atoms with Crippen molar-refractivity contribution in [1.82, 2.24) is 0 Å². The van der Waals surface area contributed by atoms with Gasteiger partial charge in [0.05, 0.1) is 6.10 Å². The lowest BCUT2D eigenvalue weighted by Crippen LogP contribution is -2.07. The first-order chi connectivity index (χ1) is 6.66. The van der Waals surface area contributed by atoms with E-state index in [4.69, 9.17) is 5.11 Å². The fourth-order valence-electron chi connectivity index (χ4n) is 1.44. The van der Waals surface area contributed by atoms with Crippen LogP contribution in [0.5, 0.6) is 0 Å². The second-order valence-electron chi connectivity index (χ2n) is 3.79. The highest BCUT2D eigenvalue weighted by atomic mass is 16.4. The van der Waals surface area contributed by atoms with Crippen LogP contribution in [0.4, 0.5) is 0 Å². The number of unbranched alkanes of at least 4 members (excludes halogenated alkanes) is 3. The van der Waals surface area contributed by atoms with E-state index in [2.05, 4.69) is 6.92 Å². The van der Waals surface area contributed by atoms with Crippen molar-refractivity contribution >= 4 is 5.97 Å². The van der Waals surface area contributed by atoms with Gasteiger partial charge in [0.15, 0.2) is 0 Å². The Bertz CT molecular complexity index is 145. The summed E-state index contributed by atoms with van der Waals surface area (Å²) >= 11 is 0. The van der Waals surface area contributed by atoms with Gasteiger partial charge in [0.1, 0.15) is 0 Å². The Morgan fingerprint density at radius 1 is 1.14 bits per heavy atom. The van der Waals surface area contributed by atoms with Gasteiger partial charge >= 0.3 is 5.97 Å². The molecule has 3 heteroatoms. The van der Waals surface area contributed by atoms with Crippen LogP contribution in [0.25, 0.3) is 0 Å². The maximum Gasteiger partial charge on any atom is 0.303 e. The average Bonchev–Trinajstić information content (AvgIpc) is 2.12. The van der Waals surface area contributed by atoms with Gasteiger partial charge in [0, 0.05) is 6.42 Å². The molecule has 0 aromatic carbocycles. The number of carbonyl (C=O) groups is 1. The second kappa shape index (κ2) is 9.00. The summed E-state index contributed by atoms with van der Waals surface area (Å²) in [7, 11) is 0. The molecule has 0 aliphatic rings. The van der Waals surface area contributed by atoms with Crippen molar-refractivity contribution in [2.75, 3.05) is 0 Å². The molecule has 0 rings (SSSR count). The zero-order valence-electron chi connectivity index (χ0n) is 9.04. The van der Waals surface area contributed by atoms with Gasteiger partial charge in [-0.3, -0.25) is 4.79 Å². The number of carboxylic acids is 1. The summed E-state index contributed by atoms with van der Waals surface area (Å²) in [6, 6.07) is 0. The molecule has 0 heterocycles. The van der Waals surface area contributed by atoms with Gasteiger partial charge in [-0.05, 0) is 19.3 Å². The summed E-state index contributed by atoms with van der Waals surface area (Å²) in [5.74, 6) is -0.775. The third-order valence-corrected chi connectivity index (χ3v) is 2.32. The lowest BCUT2D eigenvalue weighted by molar-refractivity contribution is -0.137. The van der Waals surface area contributed by atoms with E-state index >= 15 is 0 Å². The van der Waals surface area contributed by atoms with Gasteiger partial charge in [0.2, 0.25) is 0 Å². The van der Waals surface area contributed by atoms with Crippen LogP contribution in [0, 0.1) is 0 Å².